The van der Waals surface area contributed by atoms with Gasteiger partial charge in [-0.25, -0.2) is 0 Å². The molecule has 0 amide bonds. The largest absolute Gasteiger partial charge is 0.497 e. The maximum absolute atomic E-state index is 12.4. The summed E-state index contributed by atoms with van der Waals surface area (Å²) in [6.45, 7) is 6.53. The Kier molecular flexibility index (Phi) is 6.26. The minimum Gasteiger partial charge on any atom is -0.497 e. The molecule has 25 heavy (non-hydrogen) atoms. The number of benzene rings is 2. The Bertz CT molecular complexity index is 732. The van der Waals surface area contributed by atoms with Gasteiger partial charge in [0.2, 0.25) is 0 Å². The number of hydrazone groups is 1. The molecule has 2 aromatic carbocycles. The number of rotatable bonds is 6. The fourth-order valence-electron chi connectivity index (χ4n) is 2.38. The Morgan fingerprint density at radius 3 is 2.20 bits per heavy atom. The van der Waals surface area contributed by atoms with Crippen molar-refractivity contribution >= 4 is 23.8 Å². The van der Waals surface area contributed by atoms with Gasteiger partial charge in [0.25, 0.3) is 0 Å². The molecule has 0 fully saturated rings. The molecule has 1 atom stereocenters. The van der Waals surface area contributed by atoms with Gasteiger partial charge >= 0.3 is 0 Å². The normalized spacial score (nSPS) is 13.0. The van der Waals surface area contributed by atoms with Gasteiger partial charge < -0.3 is 10.6 Å². The van der Waals surface area contributed by atoms with Crippen LogP contribution >= 0.6 is 11.8 Å². The quantitative estimate of drug-likeness (QED) is 0.362. The maximum Gasteiger partial charge on any atom is 0.193 e. The highest BCUT2D eigenvalue weighted by molar-refractivity contribution is 8.00. The number of nitrogens with two attached hydrogens (primary N) is 1. The number of ketones is 1. The standard InChI is InChI=1S/C20H24N2O2S/c1-20(2,3)15-7-11-17(12-8-15)25-19(18(23)13-22-21)14-5-9-16(24-4)10-6-14/h5-13,19H,21H2,1-4H3. The number of thioether (sulfide) groups is 1. The van der Waals surface area contributed by atoms with Crippen LogP contribution in [0.3, 0.4) is 0 Å². The van der Waals surface area contributed by atoms with Crippen LogP contribution in [-0.2, 0) is 10.2 Å². The lowest BCUT2D eigenvalue weighted by molar-refractivity contribution is -0.112. The van der Waals surface area contributed by atoms with Gasteiger partial charge in [0, 0.05) is 4.90 Å². The Hall–Kier alpha value is -2.27. The predicted octanol–water partition coefficient (Wildman–Crippen LogP) is 4.34. The number of nitrogens with zero attached hydrogens (tertiary/aromatic N) is 1. The Balaban J connectivity index is 2.28. The third kappa shape index (κ3) is 5.10. The zero-order valence-electron chi connectivity index (χ0n) is 15.0. The van der Waals surface area contributed by atoms with Crippen molar-refractivity contribution in [3.63, 3.8) is 0 Å². The summed E-state index contributed by atoms with van der Waals surface area (Å²) in [6, 6.07) is 15.8. The van der Waals surface area contributed by atoms with Crippen molar-refractivity contribution in [3.05, 3.63) is 59.7 Å². The second-order valence-electron chi connectivity index (χ2n) is 6.73. The minimum atomic E-state index is -0.404. The van der Waals surface area contributed by atoms with Crippen LogP contribution in [0.1, 0.15) is 37.1 Å². The van der Waals surface area contributed by atoms with E-state index in [9.17, 15) is 4.79 Å². The highest BCUT2D eigenvalue weighted by Gasteiger charge is 2.21. The first-order chi connectivity index (χ1) is 11.8. The van der Waals surface area contributed by atoms with Crippen molar-refractivity contribution in [1.29, 1.82) is 0 Å². The van der Waals surface area contributed by atoms with Gasteiger partial charge in [0.15, 0.2) is 5.78 Å². The Morgan fingerprint density at radius 2 is 1.72 bits per heavy atom. The van der Waals surface area contributed by atoms with Gasteiger partial charge in [-0.2, -0.15) is 5.10 Å². The van der Waals surface area contributed by atoms with Crippen LogP contribution in [0, 0.1) is 0 Å². The highest BCUT2D eigenvalue weighted by Crippen LogP contribution is 2.37. The van der Waals surface area contributed by atoms with Gasteiger partial charge in [-0.05, 0) is 40.8 Å². The number of ether oxygens (including phenoxy) is 1. The second kappa shape index (κ2) is 8.21. The third-order valence-electron chi connectivity index (χ3n) is 3.85. The van der Waals surface area contributed by atoms with Crippen LogP contribution in [0.5, 0.6) is 5.75 Å². The van der Waals surface area contributed by atoms with Gasteiger partial charge in [-0.1, -0.05) is 45.0 Å². The molecule has 0 radical (unpaired) electrons. The van der Waals surface area contributed by atoms with Crippen molar-refractivity contribution in [2.75, 3.05) is 7.11 Å². The van der Waals surface area contributed by atoms with E-state index in [2.05, 4.69) is 50.1 Å². The number of methoxy groups -OCH3 is 1. The van der Waals surface area contributed by atoms with Crippen molar-refractivity contribution in [2.24, 2.45) is 10.9 Å². The number of carbonyl (C=O) groups is 1. The molecule has 2 rings (SSSR count). The van der Waals surface area contributed by atoms with Crippen molar-refractivity contribution < 1.29 is 9.53 Å². The minimum absolute atomic E-state index is 0.0978. The van der Waals surface area contributed by atoms with E-state index < -0.39 is 5.25 Å². The molecule has 2 aromatic rings. The summed E-state index contributed by atoms with van der Waals surface area (Å²) in [6.07, 6.45) is 1.17. The van der Waals surface area contributed by atoms with Gasteiger partial charge in [0.05, 0.1) is 18.6 Å². The van der Waals surface area contributed by atoms with Crippen LogP contribution in [-0.4, -0.2) is 19.1 Å². The lowest BCUT2D eigenvalue weighted by atomic mass is 9.87. The molecule has 0 aliphatic rings. The molecule has 1 unspecified atom stereocenters. The zero-order valence-corrected chi connectivity index (χ0v) is 15.8. The van der Waals surface area contributed by atoms with E-state index in [4.69, 9.17) is 10.6 Å². The average molecular weight is 356 g/mol. The van der Waals surface area contributed by atoms with Crippen LogP contribution in [0.15, 0.2) is 58.5 Å². The molecule has 0 bridgehead atoms. The van der Waals surface area contributed by atoms with E-state index in [1.807, 2.05) is 24.3 Å². The van der Waals surface area contributed by atoms with E-state index in [1.54, 1.807) is 7.11 Å². The van der Waals surface area contributed by atoms with Crippen LogP contribution in [0.2, 0.25) is 0 Å². The summed E-state index contributed by atoms with van der Waals surface area (Å²) in [5.41, 5.74) is 2.24. The molecule has 0 aliphatic heterocycles. The Labute approximate surface area is 153 Å². The monoisotopic (exact) mass is 356 g/mol. The summed E-state index contributed by atoms with van der Waals surface area (Å²) < 4.78 is 5.18. The molecule has 0 saturated carbocycles. The summed E-state index contributed by atoms with van der Waals surface area (Å²) in [5.74, 6) is 5.78. The molecule has 2 N–H and O–H groups in total. The van der Waals surface area contributed by atoms with E-state index in [-0.39, 0.29) is 11.2 Å². The first-order valence-corrected chi connectivity index (χ1v) is 8.91. The van der Waals surface area contributed by atoms with E-state index in [0.717, 1.165) is 16.2 Å². The topological polar surface area (TPSA) is 64.7 Å². The second-order valence-corrected chi connectivity index (χ2v) is 7.90. The van der Waals surface area contributed by atoms with Crippen molar-refractivity contribution in [3.8, 4) is 5.75 Å². The fourth-order valence-corrected chi connectivity index (χ4v) is 3.42. The van der Waals surface area contributed by atoms with Crippen LogP contribution < -0.4 is 10.6 Å². The molecule has 0 aromatic heterocycles. The van der Waals surface area contributed by atoms with E-state index in [0.29, 0.717) is 0 Å². The summed E-state index contributed by atoms with van der Waals surface area (Å²) in [5, 5.41) is 2.99. The molecule has 0 spiro atoms. The average Bonchev–Trinajstić information content (AvgIpc) is 2.59. The molecule has 4 nitrogen and oxygen atoms in total. The van der Waals surface area contributed by atoms with Gasteiger partial charge in [0.1, 0.15) is 5.75 Å². The van der Waals surface area contributed by atoms with Crippen LogP contribution in [0.4, 0.5) is 0 Å². The maximum atomic E-state index is 12.4. The smallest absolute Gasteiger partial charge is 0.193 e. The number of hydrogen-bond acceptors (Lipinski definition) is 5. The van der Waals surface area contributed by atoms with Crippen molar-refractivity contribution in [2.45, 2.75) is 36.3 Å². The number of Topliss-reactive ketones (excluding diaryl/α,β-unsaturated/α-hetero) is 1. The molecule has 0 aliphatic carbocycles. The zero-order chi connectivity index (χ0) is 18.4. The fraction of sp³-hybridized carbons (Fsp3) is 0.300. The lowest BCUT2D eigenvalue weighted by Crippen LogP contribution is -2.12. The SMILES string of the molecule is COc1ccc(C(Sc2ccc(C(C)(C)C)cc2)C(=O)C=NN)cc1. The number of carbonyl (C=O) groups excluding carboxylic acids is 1. The highest BCUT2D eigenvalue weighted by atomic mass is 32.2. The summed E-state index contributed by atoms with van der Waals surface area (Å²) in [7, 11) is 1.62. The third-order valence-corrected chi connectivity index (χ3v) is 5.14. The molecule has 0 heterocycles. The summed E-state index contributed by atoms with van der Waals surface area (Å²) >= 11 is 1.49. The molecule has 0 saturated heterocycles. The number of hydrogen-bond donors (Lipinski definition) is 1. The van der Waals surface area contributed by atoms with E-state index in [1.165, 1.54) is 23.5 Å². The van der Waals surface area contributed by atoms with Crippen molar-refractivity contribution in [1.82, 2.24) is 0 Å². The molecular formula is C20H24N2O2S. The van der Waals surface area contributed by atoms with E-state index >= 15 is 0 Å². The molecule has 132 valence electrons. The molecule has 5 heteroatoms. The molecular weight excluding hydrogens is 332 g/mol. The first-order valence-electron chi connectivity index (χ1n) is 8.03. The lowest BCUT2D eigenvalue weighted by Gasteiger charge is -2.20. The van der Waals surface area contributed by atoms with Gasteiger partial charge in [-0.15, -0.1) is 11.8 Å². The van der Waals surface area contributed by atoms with Gasteiger partial charge in [-0.3, -0.25) is 4.79 Å². The predicted molar refractivity (Wildman–Crippen MR) is 104 cm³/mol. The Morgan fingerprint density at radius 1 is 1.12 bits per heavy atom. The summed E-state index contributed by atoms with van der Waals surface area (Å²) in [4.78, 5) is 13.5. The first kappa shape index (κ1) is 19.1. The van der Waals surface area contributed by atoms with Crippen LogP contribution in [0.25, 0.3) is 0 Å².